The van der Waals surface area contributed by atoms with E-state index >= 15 is 0 Å². The lowest BCUT2D eigenvalue weighted by Gasteiger charge is -2.35. The van der Waals surface area contributed by atoms with Gasteiger partial charge in [0.15, 0.2) is 5.82 Å². The lowest BCUT2D eigenvalue weighted by molar-refractivity contribution is 0.607. The van der Waals surface area contributed by atoms with E-state index in [2.05, 4.69) is 135 Å². The van der Waals surface area contributed by atoms with Crippen molar-refractivity contribution in [2.45, 2.75) is 29.1 Å². The Bertz CT molecular complexity index is 2630. The lowest BCUT2D eigenvalue weighted by Crippen LogP contribution is -2.24. The van der Waals surface area contributed by atoms with Crippen molar-refractivity contribution in [3.63, 3.8) is 0 Å². The molecule has 0 N–H and O–H groups in total. The van der Waals surface area contributed by atoms with Crippen molar-refractivity contribution in [1.82, 2.24) is 9.97 Å². The highest BCUT2D eigenvalue weighted by Gasteiger charge is 2.34. The summed E-state index contributed by atoms with van der Waals surface area (Å²) >= 11 is 3.51. The molecule has 49 heavy (non-hydrogen) atoms. The van der Waals surface area contributed by atoms with Gasteiger partial charge in [0.1, 0.15) is 6.07 Å². The number of benzene rings is 6. The fourth-order valence-corrected chi connectivity index (χ4v) is 9.57. The number of rotatable bonds is 4. The maximum atomic E-state index is 10.3. The second kappa shape index (κ2) is 11.6. The van der Waals surface area contributed by atoms with Gasteiger partial charge in [0.2, 0.25) is 0 Å². The molecule has 0 saturated heterocycles. The number of fused-ring (bicyclic) bond motifs is 5. The smallest absolute Gasteiger partial charge is 0.160 e. The SMILES string of the molecule is CC1(C)c2ccccc2Sc2c(C#N)cc(-c3cccc(-c4cc(-c5ccc6c(c5)sc5ccccc56)nc(-c5ccccc5)n4)c3)cc21. The summed E-state index contributed by atoms with van der Waals surface area (Å²) in [4.78, 5) is 12.5. The molecule has 0 aliphatic carbocycles. The molecule has 232 valence electrons. The Morgan fingerprint density at radius 3 is 2.08 bits per heavy atom. The summed E-state index contributed by atoms with van der Waals surface area (Å²) in [6.07, 6.45) is 0. The third-order valence-corrected chi connectivity index (χ3v) is 11.9. The number of hydrogen-bond acceptors (Lipinski definition) is 5. The van der Waals surface area contributed by atoms with Gasteiger partial charge < -0.3 is 0 Å². The molecule has 1 aliphatic heterocycles. The molecule has 0 spiro atoms. The van der Waals surface area contributed by atoms with Gasteiger partial charge >= 0.3 is 0 Å². The Morgan fingerprint density at radius 2 is 1.24 bits per heavy atom. The monoisotopic (exact) mass is 663 g/mol. The first kappa shape index (κ1) is 29.6. The molecule has 3 nitrogen and oxygen atoms in total. The van der Waals surface area contributed by atoms with Crippen LogP contribution in [0.5, 0.6) is 0 Å². The molecule has 0 unspecified atom stereocenters. The second-order valence-electron chi connectivity index (χ2n) is 13.0. The van der Waals surface area contributed by atoms with E-state index in [1.807, 2.05) is 35.6 Å². The van der Waals surface area contributed by atoms with Crippen molar-refractivity contribution in [3.8, 4) is 51.1 Å². The Morgan fingerprint density at radius 1 is 0.551 bits per heavy atom. The van der Waals surface area contributed by atoms with E-state index in [0.717, 1.165) is 44.1 Å². The standard InChI is InChI=1S/C44H29N3S2/c1-44(2)35-16-7-9-18-40(35)49-42-32(26-45)22-31(23-36(42)44)28-13-10-14-29(21-28)37-25-38(47-43(46-37)27-11-4-3-5-12-27)30-19-20-34-33-15-6-8-17-39(33)48-41(34)24-30/h3-25H,1-2H3. The zero-order valence-corrected chi connectivity index (χ0v) is 28.6. The van der Waals surface area contributed by atoms with Crippen LogP contribution in [0.3, 0.4) is 0 Å². The van der Waals surface area contributed by atoms with E-state index in [4.69, 9.17) is 9.97 Å². The predicted molar refractivity (Wildman–Crippen MR) is 204 cm³/mol. The Hall–Kier alpha value is -5.54. The average molecular weight is 664 g/mol. The molecular formula is C44H29N3S2. The first-order valence-corrected chi connectivity index (χ1v) is 17.9. The first-order chi connectivity index (χ1) is 24.0. The summed E-state index contributed by atoms with van der Waals surface area (Å²) in [6, 6.07) is 51.4. The van der Waals surface area contributed by atoms with Crippen LogP contribution in [0, 0.1) is 11.3 Å². The van der Waals surface area contributed by atoms with Crippen molar-refractivity contribution in [1.29, 1.82) is 5.26 Å². The van der Waals surface area contributed by atoms with E-state index in [1.165, 1.54) is 36.2 Å². The van der Waals surface area contributed by atoms with Crippen LogP contribution < -0.4 is 0 Å². The second-order valence-corrected chi connectivity index (χ2v) is 15.1. The minimum Gasteiger partial charge on any atom is -0.228 e. The molecule has 0 atom stereocenters. The maximum Gasteiger partial charge on any atom is 0.160 e. The van der Waals surface area contributed by atoms with Crippen molar-refractivity contribution < 1.29 is 0 Å². The summed E-state index contributed by atoms with van der Waals surface area (Å²) in [7, 11) is 0. The number of nitrogens with zero attached hydrogens (tertiary/aromatic N) is 3. The maximum absolute atomic E-state index is 10.3. The summed E-state index contributed by atoms with van der Waals surface area (Å²) in [5.74, 6) is 0.688. The number of nitriles is 1. The minimum atomic E-state index is -0.238. The van der Waals surface area contributed by atoms with Crippen LogP contribution in [0.2, 0.25) is 0 Å². The molecule has 8 aromatic rings. The molecule has 2 aromatic heterocycles. The number of aromatic nitrogens is 2. The van der Waals surface area contributed by atoms with Gasteiger partial charge in [-0.15, -0.1) is 11.3 Å². The van der Waals surface area contributed by atoms with Crippen LogP contribution in [-0.4, -0.2) is 9.97 Å². The van der Waals surface area contributed by atoms with Crippen molar-refractivity contribution >= 4 is 43.3 Å². The highest BCUT2D eigenvalue weighted by molar-refractivity contribution is 7.99. The molecular weight excluding hydrogens is 635 g/mol. The van der Waals surface area contributed by atoms with E-state index < -0.39 is 0 Å². The molecule has 9 rings (SSSR count). The largest absolute Gasteiger partial charge is 0.228 e. The average Bonchev–Trinajstić information content (AvgIpc) is 3.53. The van der Waals surface area contributed by atoms with E-state index in [1.54, 1.807) is 11.8 Å². The molecule has 0 saturated carbocycles. The molecule has 6 aromatic carbocycles. The molecule has 0 amide bonds. The van der Waals surface area contributed by atoms with Gasteiger partial charge in [-0.25, -0.2) is 9.97 Å². The van der Waals surface area contributed by atoms with Gasteiger partial charge in [-0.2, -0.15) is 5.26 Å². The quantitative estimate of drug-likeness (QED) is 0.188. The summed E-state index contributed by atoms with van der Waals surface area (Å²) < 4.78 is 2.53. The van der Waals surface area contributed by atoms with E-state index in [0.29, 0.717) is 11.4 Å². The van der Waals surface area contributed by atoms with Crippen LogP contribution in [0.4, 0.5) is 0 Å². The number of thiophene rings is 1. The zero-order chi connectivity index (χ0) is 33.1. The van der Waals surface area contributed by atoms with E-state index in [9.17, 15) is 5.26 Å². The third-order valence-electron chi connectivity index (χ3n) is 9.58. The number of hydrogen-bond donors (Lipinski definition) is 0. The third kappa shape index (κ3) is 5.04. The fourth-order valence-electron chi connectivity index (χ4n) is 6.98. The molecule has 1 aliphatic rings. The minimum absolute atomic E-state index is 0.238. The highest BCUT2D eigenvalue weighted by Crippen LogP contribution is 2.51. The zero-order valence-electron chi connectivity index (χ0n) is 26.9. The Labute approximate surface area is 293 Å². The van der Waals surface area contributed by atoms with Gasteiger partial charge in [0, 0.05) is 52.1 Å². The molecule has 5 heteroatoms. The van der Waals surface area contributed by atoms with Crippen LogP contribution in [0.15, 0.2) is 149 Å². The van der Waals surface area contributed by atoms with Gasteiger partial charge in [-0.3, -0.25) is 0 Å². The van der Waals surface area contributed by atoms with Crippen molar-refractivity contribution in [2.24, 2.45) is 0 Å². The Kier molecular flexibility index (Phi) is 6.98. The van der Waals surface area contributed by atoms with Gasteiger partial charge in [-0.05, 0) is 64.7 Å². The summed E-state index contributed by atoms with van der Waals surface area (Å²) in [5, 5.41) is 12.9. The topological polar surface area (TPSA) is 49.6 Å². The predicted octanol–water partition coefficient (Wildman–Crippen LogP) is 12.2. The fraction of sp³-hybridized carbons (Fsp3) is 0.0682. The normalized spacial score (nSPS) is 13.2. The molecule has 0 fully saturated rings. The Balaban J connectivity index is 1.18. The van der Waals surface area contributed by atoms with Crippen LogP contribution in [0.25, 0.3) is 65.2 Å². The highest BCUT2D eigenvalue weighted by atomic mass is 32.2. The summed E-state index contributed by atoms with van der Waals surface area (Å²) in [6.45, 7) is 4.52. The van der Waals surface area contributed by atoms with Crippen LogP contribution in [-0.2, 0) is 5.41 Å². The molecule has 0 bridgehead atoms. The van der Waals surface area contributed by atoms with E-state index in [-0.39, 0.29) is 5.41 Å². The summed E-state index contributed by atoms with van der Waals surface area (Å²) in [5.41, 5.74) is 9.77. The van der Waals surface area contributed by atoms with Gasteiger partial charge in [-0.1, -0.05) is 123 Å². The van der Waals surface area contributed by atoms with Gasteiger partial charge in [0.05, 0.1) is 17.0 Å². The van der Waals surface area contributed by atoms with Crippen molar-refractivity contribution in [3.05, 3.63) is 156 Å². The first-order valence-electron chi connectivity index (χ1n) is 16.3. The molecule has 3 heterocycles. The molecule has 0 radical (unpaired) electrons. The van der Waals surface area contributed by atoms with Crippen LogP contribution in [0.1, 0.15) is 30.5 Å². The van der Waals surface area contributed by atoms with Crippen LogP contribution >= 0.6 is 23.1 Å². The van der Waals surface area contributed by atoms with Crippen molar-refractivity contribution in [2.75, 3.05) is 0 Å². The lowest BCUT2D eigenvalue weighted by atomic mass is 9.76. The van der Waals surface area contributed by atoms with Gasteiger partial charge in [0.25, 0.3) is 0 Å².